The first-order valence-corrected chi connectivity index (χ1v) is 10.0. The monoisotopic (exact) mass is 369 g/mol. The van der Waals surface area contributed by atoms with Crippen molar-refractivity contribution in [2.75, 3.05) is 13.1 Å². The van der Waals surface area contributed by atoms with Gasteiger partial charge in [-0.3, -0.25) is 0 Å². The second-order valence-corrected chi connectivity index (χ2v) is 7.46. The molecule has 3 rings (SSSR count). The third-order valence-corrected chi connectivity index (χ3v) is 5.48. The summed E-state index contributed by atoms with van der Waals surface area (Å²) in [5.74, 6) is 0.845. The first kappa shape index (κ1) is 18.5. The molecule has 0 saturated heterocycles. The molecular weight excluding hydrogens is 342 g/mol. The van der Waals surface area contributed by atoms with Gasteiger partial charge in [-0.25, -0.2) is 9.98 Å². The van der Waals surface area contributed by atoms with Crippen molar-refractivity contribution in [3.8, 4) is 0 Å². The molecule has 1 aromatic carbocycles. The van der Waals surface area contributed by atoms with Crippen LogP contribution in [0.4, 0.5) is 0 Å². The van der Waals surface area contributed by atoms with Crippen LogP contribution in [-0.2, 0) is 19.4 Å². The number of guanidine groups is 1. The minimum absolute atomic E-state index is 0.617. The van der Waals surface area contributed by atoms with Crippen molar-refractivity contribution in [3.05, 3.63) is 51.6 Å². The van der Waals surface area contributed by atoms with E-state index in [9.17, 15) is 0 Å². The second-order valence-electron chi connectivity index (χ2n) is 6.26. The summed E-state index contributed by atoms with van der Waals surface area (Å²) in [5, 5.41) is 9.15. The topological polar surface area (TPSA) is 65.1 Å². The highest BCUT2D eigenvalue weighted by molar-refractivity contribution is 7.11. The Bertz CT molecular complexity index is 877. The van der Waals surface area contributed by atoms with Crippen LogP contribution in [0.3, 0.4) is 0 Å². The van der Waals surface area contributed by atoms with Crippen LogP contribution < -0.4 is 10.6 Å². The molecule has 0 saturated carbocycles. The normalized spacial score (nSPS) is 11.9. The van der Waals surface area contributed by atoms with Gasteiger partial charge in [0.25, 0.3) is 0 Å². The fraction of sp³-hybridized carbons (Fsp3) is 0.400. The van der Waals surface area contributed by atoms with Gasteiger partial charge >= 0.3 is 0 Å². The Kier molecular flexibility index (Phi) is 6.28. The van der Waals surface area contributed by atoms with Crippen molar-refractivity contribution >= 4 is 28.2 Å². The van der Waals surface area contributed by atoms with E-state index in [2.05, 4.69) is 70.8 Å². The number of aromatic nitrogens is 2. The fourth-order valence-corrected chi connectivity index (χ4v) is 3.82. The standard InChI is InChI=1S/C20H27N5S/c1-4-16-12-24-18(26-16)13-25-20(21-5-2)22-10-9-15-11-23-17-8-6-7-14(3)19(15)17/h6-8,11-12,23H,4-5,9-10,13H2,1-3H3,(H2,21,22,25). The average molecular weight is 370 g/mol. The Labute approximate surface area is 159 Å². The molecule has 0 radical (unpaired) electrons. The van der Waals surface area contributed by atoms with Crippen LogP contribution in [0.1, 0.15) is 34.9 Å². The Morgan fingerprint density at radius 2 is 2.15 bits per heavy atom. The van der Waals surface area contributed by atoms with Gasteiger partial charge in [0.2, 0.25) is 0 Å². The molecule has 0 fully saturated rings. The molecule has 0 aliphatic carbocycles. The lowest BCUT2D eigenvalue weighted by Crippen LogP contribution is -2.38. The first-order chi connectivity index (χ1) is 12.7. The van der Waals surface area contributed by atoms with E-state index in [1.165, 1.54) is 26.9 Å². The van der Waals surface area contributed by atoms with Gasteiger partial charge < -0.3 is 15.6 Å². The van der Waals surface area contributed by atoms with Crippen molar-refractivity contribution in [1.29, 1.82) is 0 Å². The molecular formula is C20H27N5S. The Balaban J connectivity index is 1.60. The van der Waals surface area contributed by atoms with Gasteiger partial charge in [-0.15, -0.1) is 11.3 Å². The van der Waals surface area contributed by atoms with Crippen LogP contribution in [0.5, 0.6) is 0 Å². The molecule has 6 heteroatoms. The number of hydrogen-bond donors (Lipinski definition) is 3. The molecule has 0 aliphatic rings. The maximum Gasteiger partial charge on any atom is 0.191 e. The lowest BCUT2D eigenvalue weighted by Gasteiger charge is -2.11. The summed E-state index contributed by atoms with van der Waals surface area (Å²) >= 11 is 1.74. The maximum atomic E-state index is 4.66. The van der Waals surface area contributed by atoms with Gasteiger partial charge in [-0.1, -0.05) is 19.1 Å². The summed E-state index contributed by atoms with van der Waals surface area (Å²) in [6.45, 7) is 8.70. The van der Waals surface area contributed by atoms with Crippen LogP contribution >= 0.6 is 11.3 Å². The number of benzene rings is 1. The molecule has 3 aromatic rings. The van der Waals surface area contributed by atoms with Crippen molar-refractivity contribution in [2.45, 2.75) is 40.2 Å². The van der Waals surface area contributed by atoms with Crippen LogP contribution in [-0.4, -0.2) is 29.0 Å². The van der Waals surface area contributed by atoms with Crippen LogP contribution in [0.15, 0.2) is 35.6 Å². The van der Waals surface area contributed by atoms with Crippen LogP contribution in [0, 0.1) is 6.92 Å². The van der Waals surface area contributed by atoms with Crippen LogP contribution in [0.2, 0.25) is 0 Å². The van der Waals surface area contributed by atoms with Gasteiger partial charge in [0.05, 0.1) is 6.54 Å². The van der Waals surface area contributed by atoms with Gasteiger partial charge in [-0.2, -0.15) is 0 Å². The molecule has 3 N–H and O–H groups in total. The Hall–Kier alpha value is -2.34. The molecule has 0 bridgehead atoms. The third kappa shape index (κ3) is 4.43. The van der Waals surface area contributed by atoms with Crippen molar-refractivity contribution in [2.24, 2.45) is 4.99 Å². The van der Waals surface area contributed by atoms with E-state index in [4.69, 9.17) is 0 Å². The maximum absolute atomic E-state index is 4.66. The zero-order chi connectivity index (χ0) is 18.4. The number of aromatic amines is 1. The number of fused-ring (bicyclic) bond motifs is 1. The number of aliphatic imine (C=N–C) groups is 1. The molecule has 0 spiro atoms. The lowest BCUT2D eigenvalue weighted by molar-refractivity contribution is 0.801. The number of aryl methyl sites for hydroxylation is 2. The van der Waals surface area contributed by atoms with Gasteiger partial charge in [0.15, 0.2) is 5.96 Å². The predicted octanol–water partition coefficient (Wildman–Crippen LogP) is 3.79. The second kappa shape index (κ2) is 8.85. The molecule has 0 aliphatic heterocycles. The van der Waals surface area contributed by atoms with E-state index in [1.54, 1.807) is 11.3 Å². The van der Waals surface area contributed by atoms with Crippen molar-refractivity contribution < 1.29 is 0 Å². The summed E-state index contributed by atoms with van der Waals surface area (Å²) in [6.07, 6.45) is 6.05. The van der Waals surface area contributed by atoms with Crippen molar-refractivity contribution in [3.63, 3.8) is 0 Å². The molecule has 0 unspecified atom stereocenters. The number of rotatable bonds is 7. The zero-order valence-corrected chi connectivity index (χ0v) is 16.5. The summed E-state index contributed by atoms with van der Waals surface area (Å²) in [5.41, 5.74) is 3.86. The van der Waals surface area contributed by atoms with Crippen LogP contribution in [0.25, 0.3) is 10.9 Å². The molecule has 2 aromatic heterocycles. The lowest BCUT2D eigenvalue weighted by atomic mass is 10.1. The Morgan fingerprint density at radius 3 is 2.92 bits per heavy atom. The molecule has 26 heavy (non-hydrogen) atoms. The summed E-state index contributed by atoms with van der Waals surface area (Å²) in [7, 11) is 0. The molecule has 138 valence electrons. The van der Waals surface area contributed by atoms with E-state index < -0.39 is 0 Å². The van der Waals surface area contributed by atoms with E-state index in [1.807, 2.05) is 6.20 Å². The van der Waals surface area contributed by atoms with Gasteiger partial charge in [-0.05, 0) is 43.9 Å². The summed E-state index contributed by atoms with van der Waals surface area (Å²) in [6, 6.07) is 6.38. The molecule has 5 nitrogen and oxygen atoms in total. The van der Waals surface area contributed by atoms with E-state index >= 15 is 0 Å². The third-order valence-electron chi connectivity index (χ3n) is 4.35. The number of thiazole rings is 1. The highest BCUT2D eigenvalue weighted by Crippen LogP contribution is 2.22. The molecule has 0 atom stereocenters. The molecule has 2 heterocycles. The van der Waals surface area contributed by atoms with E-state index in [0.29, 0.717) is 6.54 Å². The number of H-pyrrole nitrogens is 1. The number of nitrogens with one attached hydrogen (secondary N) is 3. The van der Waals surface area contributed by atoms with E-state index in [0.717, 1.165) is 36.9 Å². The predicted molar refractivity (Wildman–Crippen MR) is 111 cm³/mol. The smallest absolute Gasteiger partial charge is 0.191 e. The first-order valence-electron chi connectivity index (χ1n) is 9.22. The van der Waals surface area contributed by atoms with Crippen molar-refractivity contribution in [1.82, 2.24) is 20.6 Å². The van der Waals surface area contributed by atoms with Gasteiger partial charge in [0.1, 0.15) is 5.01 Å². The number of nitrogens with zero attached hydrogens (tertiary/aromatic N) is 2. The summed E-state index contributed by atoms with van der Waals surface area (Å²) < 4.78 is 0. The Morgan fingerprint density at radius 1 is 1.27 bits per heavy atom. The quantitative estimate of drug-likeness (QED) is 0.438. The highest BCUT2D eigenvalue weighted by Gasteiger charge is 2.06. The largest absolute Gasteiger partial charge is 0.361 e. The summed E-state index contributed by atoms with van der Waals surface area (Å²) in [4.78, 5) is 13.8. The minimum atomic E-state index is 0.617. The minimum Gasteiger partial charge on any atom is -0.361 e. The zero-order valence-electron chi connectivity index (χ0n) is 15.7. The van der Waals surface area contributed by atoms with Gasteiger partial charge in [0, 0.05) is 41.3 Å². The highest BCUT2D eigenvalue weighted by atomic mass is 32.1. The number of hydrogen-bond acceptors (Lipinski definition) is 3. The van der Waals surface area contributed by atoms with E-state index in [-0.39, 0.29) is 0 Å². The average Bonchev–Trinajstić information content (AvgIpc) is 3.27. The fourth-order valence-electron chi connectivity index (χ4n) is 3.04. The molecule has 0 amide bonds. The SMILES string of the molecule is CCNC(=NCc1ncc(CC)s1)NCCc1c[nH]c2cccc(C)c12.